The molecule has 1 N–H and O–H groups in total. The first-order chi connectivity index (χ1) is 12.8. The fraction of sp³-hybridized carbons (Fsp3) is 0.650. The third-order valence-electron chi connectivity index (χ3n) is 4.72. The number of rotatable bonds is 9. The van der Waals surface area contributed by atoms with Crippen molar-refractivity contribution >= 4 is 15.9 Å². The average Bonchev–Trinajstić information content (AvgIpc) is 2.61. The molecule has 152 valence electrons. The number of carbonyl (C=O) groups excluding carboxylic acids is 1. The van der Waals surface area contributed by atoms with Crippen molar-refractivity contribution in [2.45, 2.75) is 51.9 Å². The molecule has 6 nitrogen and oxygen atoms in total. The van der Waals surface area contributed by atoms with Crippen molar-refractivity contribution in [2.24, 2.45) is 5.92 Å². The Bertz CT molecular complexity index is 710. The van der Waals surface area contributed by atoms with Gasteiger partial charge in [-0.25, -0.2) is 12.7 Å². The molecule has 1 amide bonds. The Morgan fingerprint density at radius 2 is 2.00 bits per heavy atom. The van der Waals surface area contributed by atoms with Crippen LogP contribution in [-0.4, -0.2) is 51.0 Å². The second kappa shape index (κ2) is 10.2. The fourth-order valence-corrected chi connectivity index (χ4v) is 4.80. The van der Waals surface area contributed by atoms with Crippen molar-refractivity contribution in [3.05, 3.63) is 35.4 Å². The molecule has 1 heterocycles. The van der Waals surface area contributed by atoms with Gasteiger partial charge in [-0.1, -0.05) is 29.8 Å². The minimum atomic E-state index is -3.35. The van der Waals surface area contributed by atoms with Crippen LogP contribution >= 0.6 is 0 Å². The van der Waals surface area contributed by atoms with E-state index >= 15 is 0 Å². The number of amides is 1. The molecule has 2 rings (SSSR count). The lowest BCUT2D eigenvalue weighted by Crippen LogP contribution is -2.43. The molecule has 1 aromatic rings. The summed E-state index contributed by atoms with van der Waals surface area (Å²) in [4.78, 5) is 12.3. The molecule has 7 heteroatoms. The molecule has 1 aromatic carbocycles. The van der Waals surface area contributed by atoms with Crippen molar-refractivity contribution in [1.82, 2.24) is 9.62 Å². The summed E-state index contributed by atoms with van der Waals surface area (Å²) in [5.74, 6) is -0.0711. The van der Waals surface area contributed by atoms with Gasteiger partial charge in [0.15, 0.2) is 0 Å². The summed E-state index contributed by atoms with van der Waals surface area (Å²) in [6, 6.07) is 7.58. The van der Waals surface area contributed by atoms with Crippen LogP contribution in [0.3, 0.4) is 0 Å². The Morgan fingerprint density at radius 1 is 1.30 bits per heavy atom. The first kappa shape index (κ1) is 21.9. The number of hydrogen-bond acceptors (Lipinski definition) is 4. The second-order valence-electron chi connectivity index (χ2n) is 7.48. The monoisotopic (exact) mass is 396 g/mol. The van der Waals surface area contributed by atoms with E-state index in [-0.39, 0.29) is 23.7 Å². The molecule has 27 heavy (non-hydrogen) atoms. The van der Waals surface area contributed by atoms with E-state index < -0.39 is 10.0 Å². The molecule has 1 saturated heterocycles. The number of benzene rings is 1. The van der Waals surface area contributed by atoms with Crippen molar-refractivity contribution in [3.63, 3.8) is 0 Å². The van der Waals surface area contributed by atoms with Gasteiger partial charge in [-0.05, 0) is 45.6 Å². The van der Waals surface area contributed by atoms with Gasteiger partial charge in [0.05, 0.1) is 11.9 Å². The minimum absolute atomic E-state index is 0.0153. The molecule has 1 fully saturated rings. The second-order valence-corrected chi connectivity index (χ2v) is 9.45. The average molecular weight is 397 g/mol. The first-order valence-electron chi connectivity index (χ1n) is 9.70. The summed E-state index contributed by atoms with van der Waals surface area (Å²) in [7, 11) is -3.35. The number of sulfonamides is 1. The summed E-state index contributed by atoms with van der Waals surface area (Å²) in [6.07, 6.45) is 2.13. The van der Waals surface area contributed by atoms with Crippen LogP contribution in [-0.2, 0) is 25.3 Å². The lowest BCUT2D eigenvalue weighted by molar-refractivity contribution is -0.126. The molecule has 1 aliphatic rings. The third-order valence-corrected chi connectivity index (χ3v) is 6.57. The standard InChI is InChI=1S/C20H32N2O4S/c1-16(2)26-13-5-10-21-20(23)19-8-11-22(12-9-19)27(24,25)15-18-7-4-6-17(3)14-18/h4,6-7,14,16,19H,5,8-13,15H2,1-3H3,(H,21,23). The van der Waals surface area contributed by atoms with Crippen LogP contribution in [0, 0.1) is 12.8 Å². The number of hydrogen-bond donors (Lipinski definition) is 1. The number of carbonyl (C=O) groups is 1. The van der Waals surface area contributed by atoms with Gasteiger partial charge in [-0.3, -0.25) is 4.79 Å². The largest absolute Gasteiger partial charge is 0.379 e. The Kier molecular flexibility index (Phi) is 8.26. The van der Waals surface area contributed by atoms with E-state index in [1.807, 2.05) is 45.0 Å². The van der Waals surface area contributed by atoms with Crippen LogP contribution in [0.15, 0.2) is 24.3 Å². The highest BCUT2D eigenvalue weighted by molar-refractivity contribution is 7.88. The van der Waals surface area contributed by atoms with E-state index in [1.54, 1.807) is 0 Å². The number of aryl methyl sites for hydroxylation is 1. The van der Waals surface area contributed by atoms with Gasteiger partial charge in [-0.15, -0.1) is 0 Å². The van der Waals surface area contributed by atoms with Crippen LogP contribution in [0.5, 0.6) is 0 Å². The molecule has 0 radical (unpaired) electrons. The lowest BCUT2D eigenvalue weighted by Gasteiger charge is -2.30. The third kappa shape index (κ3) is 7.24. The smallest absolute Gasteiger partial charge is 0.223 e. The maximum absolute atomic E-state index is 12.7. The number of ether oxygens (including phenoxy) is 1. The van der Waals surface area contributed by atoms with Crippen LogP contribution in [0.25, 0.3) is 0 Å². The molecular weight excluding hydrogens is 364 g/mol. The highest BCUT2D eigenvalue weighted by Gasteiger charge is 2.31. The highest BCUT2D eigenvalue weighted by Crippen LogP contribution is 2.22. The van der Waals surface area contributed by atoms with Crippen molar-refractivity contribution in [2.75, 3.05) is 26.2 Å². The first-order valence-corrected chi connectivity index (χ1v) is 11.3. The van der Waals surface area contributed by atoms with E-state index in [1.165, 1.54) is 4.31 Å². The van der Waals surface area contributed by atoms with Crippen LogP contribution in [0.4, 0.5) is 0 Å². The number of nitrogens with one attached hydrogen (secondary N) is 1. The van der Waals surface area contributed by atoms with Crippen molar-refractivity contribution in [3.8, 4) is 0 Å². The van der Waals surface area contributed by atoms with Crippen molar-refractivity contribution < 1.29 is 17.9 Å². The van der Waals surface area contributed by atoms with E-state index in [0.29, 0.717) is 39.1 Å². The lowest BCUT2D eigenvalue weighted by atomic mass is 9.97. The van der Waals surface area contributed by atoms with Crippen molar-refractivity contribution in [1.29, 1.82) is 0 Å². The fourth-order valence-electron chi connectivity index (χ4n) is 3.25. The Balaban J connectivity index is 1.76. The number of piperidine rings is 1. The quantitative estimate of drug-likeness (QED) is 0.651. The van der Waals surface area contributed by atoms with Gasteiger partial charge in [0.2, 0.25) is 15.9 Å². The van der Waals surface area contributed by atoms with Gasteiger partial charge in [0, 0.05) is 32.2 Å². The molecule has 0 aromatic heterocycles. The summed E-state index contributed by atoms with van der Waals surface area (Å²) < 4.78 is 32.3. The Labute approximate surface area is 163 Å². The maximum Gasteiger partial charge on any atom is 0.223 e. The molecule has 1 aliphatic heterocycles. The van der Waals surface area contributed by atoms with Gasteiger partial charge in [-0.2, -0.15) is 0 Å². The van der Waals surface area contributed by atoms with Gasteiger partial charge >= 0.3 is 0 Å². The zero-order chi connectivity index (χ0) is 19.9. The van der Waals surface area contributed by atoms with Crippen LogP contribution in [0.1, 0.15) is 44.2 Å². The molecule has 0 aliphatic carbocycles. The zero-order valence-electron chi connectivity index (χ0n) is 16.6. The molecule has 0 spiro atoms. The molecule has 0 saturated carbocycles. The van der Waals surface area contributed by atoms with E-state index in [0.717, 1.165) is 17.5 Å². The van der Waals surface area contributed by atoms with E-state index in [9.17, 15) is 13.2 Å². The molecule has 0 atom stereocenters. The summed E-state index contributed by atoms with van der Waals surface area (Å²) >= 11 is 0. The normalized spacial score (nSPS) is 16.6. The van der Waals surface area contributed by atoms with Gasteiger partial charge < -0.3 is 10.1 Å². The summed E-state index contributed by atoms with van der Waals surface area (Å²) in [6.45, 7) is 7.96. The maximum atomic E-state index is 12.7. The molecule has 0 unspecified atom stereocenters. The Morgan fingerprint density at radius 3 is 2.63 bits per heavy atom. The Hall–Kier alpha value is -1.44. The molecule has 0 bridgehead atoms. The van der Waals surface area contributed by atoms with Crippen LogP contribution in [0.2, 0.25) is 0 Å². The summed E-state index contributed by atoms with van der Waals surface area (Å²) in [5, 5.41) is 2.94. The zero-order valence-corrected chi connectivity index (χ0v) is 17.4. The predicted molar refractivity (Wildman–Crippen MR) is 107 cm³/mol. The highest BCUT2D eigenvalue weighted by atomic mass is 32.2. The van der Waals surface area contributed by atoms with Crippen LogP contribution < -0.4 is 5.32 Å². The predicted octanol–water partition coefficient (Wildman–Crippen LogP) is 2.47. The molecular formula is C20H32N2O4S. The van der Waals surface area contributed by atoms with E-state index in [2.05, 4.69) is 5.32 Å². The number of nitrogens with zero attached hydrogens (tertiary/aromatic N) is 1. The van der Waals surface area contributed by atoms with Gasteiger partial charge in [0.25, 0.3) is 0 Å². The minimum Gasteiger partial charge on any atom is -0.379 e. The van der Waals surface area contributed by atoms with E-state index in [4.69, 9.17) is 4.74 Å². The SMILES string of the molecule is Cc1cccc(CS(=O)(=O)N2CCC(C(=O)NCCCOC(C)C)CC2)c1. The van der Waals surface area contributed by atoms with Gasteiger partial charge in [0.1, 0.15) is 0 Å². The topological polar surface area (TPSA) is 75.7 Å². The summed E-state index contributed by atoms with van der Waals surface area (Å²) in [5.41, 5.74) is 1.86.